The van der Waals surface area contributed by atoms with Gasteiger partial charge in [-0.15, -0.1) is 11.6 Å². The number of nitrogens with one attached hydrogen (secondary N) is 1. The smallest absolute Gasteiger partial charge is 0.208 e. The van der Waals surface area contributed by atoms with Crippen molar-refractivity contribution in [2.24, 2.45) is 0 Å². The van der Waals surface area contributed by atoms with E-state index in [1.165, 1.54) is 0 Å². The third kappa shape index (κ3) is 6.59. The summed E-state index contributed by atoms with van der Waals surface area (Å²) in [6, 6.07) is -0.0116. The lowest BCUT2D eigenvalue weighted by molar-refractivity contribution is 0.536. The van der Waals surface area contributed by atoms with E-state index in [2.05, 4.69) is 4.72 Å². The van der Waals surface area contributed by atoms with Crippen LogP contribution in [0.15, 0.2) is 0 Å². The first-order valence-corrected chi connectivity index (χ1v) is 5.95. The predicted molar refractivity (Wildman–Crippen MR) is 47.4 cm³/mol. The van der Waals surface area contributed by atoms with Crippen LogP contribution in [0.4, 0.5) is 0 Å². The summed E-state index contributed by atoms with van der Waals surface area (Å²) in [6.07, 6.45) is 2.62. The fourth-order valence-electron chi connectivity index (χ4n) is 0.781. The van der Waals surface area contributed by atoms with Gasteiger partial charge in [0.25, 0.3) is 0 Å². The zero-order valence-electron chi connectivity index (χ0n) is 6.80. The molecule has 0 saturated heterocycles. The molecule has 11 heavy (non-hydrogen) atoms. The number of rotatable bonds is 5. The van der Waals surface area contributed by atoms with Gasteiger partial charge in [0, 0.05) is 11.9 Å². The molecule has 0 bridgehead atoms. The maximum atomic E-state index is 10.7. The third-order valence-corrected chi connectivity index (χ3v) is 2.31. The molecule has 0 amide bonds. The summed E-state index contributed by atoms with van der Waals surface area (Å²) in [7, 11) is -3.07. The highest BCUT2D eigenvalue weighted by Gasteiger charge is 2.10. The van der Waals surface area contributed by atoms with Crippen molar-refractivity contribution in [1.29, 1.82) is 0 Å². The molecule has 1 atom stereocenters. The molecular formula is C6H14ClNO2S. The number of halogens is 1. The van der Waals surface area contributed by atoms with Gasteiger partial charge in [0.15, 0.2) is 0 Å². The van der Waals surface area contributed by atoms with E-state index >= 15 is 0 Å². The molecule has 0 radical (unpaired) electrons. The second-order valence-corrected chi connectivity index (χ2v) is 4.63. The minimum Gasteiger partial charge on any atom is -0.213 e. The maximum absolute atomic E-state index is 10.7. The largest absolute Gasteiger partial charge is 0.213 e. The Hall–Kier alpha value is 0.200. The summed E-state index contributed by atoms with van der Waals surface area (Å²) in [5.41, 5.74) is 0. The van der Waals surface area contributed by atoms with Crippen LogP contribution in [0.3, 0.4) is 0 Å². The van der Waals surface area contributed by atoms with Gasteiger partial charge in [0.2, 0.25) is 10.0 Å². The topological polar surface area (TPSA) is 46.2 Å². The SMILES string of the molecule is CCC(CCCl)NS(C)(=O)=O. The van der Waals surface area contributed by atoms with Crippen LogP contribution in [-0.2, 0) is 10.0 Å². The van der Waals surface area contributed by atoms with Crippen molar-refractivity contribution in [3.8, 4) is 0 Å². The van der Waals surface area contributed by atoms with Crippen molar-refractivity contribution in [3.63, 3.8) is 0 Å². The van der Waals surface area contributed by atoms with Crippen LogP contribution in [-0.4, -0.2) is 26.6 Å². The molecule has 0 aromatic rings. The normalized spacial score (nSPS) is 14.8. The molecule has 0 aliphatic rings. The highest BCUT2D eigenvalue weighted by atomic mass is 35.5. The first kappa shape index (κ1) is 11.2. The Kier molecular flexibility index (Phi) is 5.04. The Bertz CT molecular complexity index is 191. The van der Waals surface area contributed by atoms with Crippen molar-refractivity contribution >= 4 is 21.6 Å². The molecule has 0 rings (SSSR count). The standard InChI is InChI=1S/C6H14ClNO2S/c1-3-6(4-5-7)8-11(2,9)10/h6,8H,3-5H2,1-2H3. The molecule has 5 heteroatoms. The molecule has 68 valence electrons. The minimum atomic E-state index is -3.07. The summed E-state index contributed by atoms with van der Waals surface area (Å²) >= 11 is 5.47. The number of alkyl halides is 1. The van der Waals surface area contributed by atoms with Gasteiger partial charge in [0.1, 0.15) is 0 Å². The van der Waals surface area contributed by atoms with Crippen LogP contribution < -0.4 is 4.72 Å². The Morgan fingerprint density at radius 3 is 2.36 bits per heavy atom. The molecule has 1 unspecified atom stereocenters. The van der Waals surface area contributed by atoms with Gasteiger partial charge < -0.3 is 0 Å². The summed E-state index contributed by atoms with van der Waals surface area (Å²) in [6.45, 7) is 1.93. The number of sulfonamides is 1. The van der Waals surface area contributed by atoms with Crippen LogP contribution in [0.5, 0.6) is 0 Å². The quantitative estimate of drug-likeness (QED) is 0.670. The van der Waals surface area contributed by atoms with Crippen molar-refractivity contribution in [3.05, 3.63) is 0 Å². The summed E-state index contributed by atoms with van der Waals surface area (Å²) in [5.74, 6) is 0.487. The Balaban J connectivity index is 3.88. The number of hydrogen-bond donors (Lipinski definition) is 1. The highest BCUT2D eigenvalue weighted by Crippen LogP contribution is 2.00. The van der Waals surface area contributed by atoms with Gasteiger partial charge >= 0.3 is 0 Å². The molecule has 1 N–H and O–H groups in total. The molecule has 0 aliphatic carbocycles. The van der Waals surface area contributed by atoms with E-state index < -0.39 is 10.0 Å². The highest BCUT2D eigenvalue weighted by molar-refractivity contribution is 7.88. The van der Waals surface area contributed by atoms with Crippen LogP contribution >= 0.6 is 11.6 Å². The lowest BCUT2D eigenvalue weighted by Crippen LogP contribution is -2.33. The van der Waals surface area contributed by atoms with Crippen molar-refractivity contribution in [2.45, 2.75) is 25.8 Å². The molecule has 3 nitrogen and oxygen atoms in total. The zero-order valence-corrected chi connectivity index (χ0v) is 8.37. The molecule has 0 aromatic heterocycles. The lowest BCUT2D eigenvalue weighted by Gasteiger charge is -2.12. The number of hydrogen-bond acceptors (Lipinski definition) is 2. The molecule has 0 heterocycles. The Morgan fingerprint density at radius 2 is 2.09 bits per heavy atom. The van der Waals surface area contributed by atoms with Gasteiger partial charge in [-0.2, -0.15) is 0 Å². The van der Waals surface area contributed by atoms with E-state index in [1.54, 1.807) is 0 Å². The Morgan fingerprint density at radius 1 is 1.55 bits per heavy atom. The van der Waals surface area contributed by atoms with Crippen molar-refractivity contribution < 1.29 is 8.42 Å². The van der Waals surface area contributed by atoms with Gasteiger partial charge in [-0.1, -0.05) is 6.92 Å². The molecule has 0 aliphatic heterocycles. The molecule has 0 spiro atoms. The van der Waals surface area contributed by atoms with Crippen LogP contribution in [0.25, 0.3) is 0 Å². The molecule has 0 aromatic carbocycles. The molecule has 0 fully saturated rings. The van der Waals surface area contributed by atoms with Gasteiger partial charge in [0.05, 0.1) is 6.26 Å². The molecule has 0 saturated carbocycles. The summed E-state index contributed by atoms with van der Waals surface area (Å²) < 4.78 is 23.9. The second kappa shape index (κ2) is 4.95. The van der Waals surface area contributed by atoms with Gasteiger partial charge in [-0.25, -0.2) is 13.1 Å². The van der Waals surface area contributed by atoms with Crippen molar-refractivity contribution in [2.75, 3.05) is 12.1 Å². The monoisotopic (exact) mass is 199 g/mol. The molecular weight excluding hydrogens is 186 g/mol. The minimum absolute atomic E-state index is 0.0116. The average Bonchev–Trinajstić information content (AvgIpc) is 1.84. The average molecular weight is 200 g/mol. The van der Waals surface area contributed by atoms with Gasteiger partial charge in [-0.3, -0.25) is 0 Å². The van der Waals surface area contributed by atoms with E-state index in [9.17, 15) is 8.42 Å². The van der Waals surface area contributed by atoms with Crippen molar-refractivity contribution in [1.82, 2.24) is 4.72 Å². The van der Waals surface area contributed by atoms with E-state index in [-0.39, 0.29) is 6.04 Å². The third-order valence-electron chi connectivity index (χ3n) is 1.33. The Labute approximate surface area is 73.2 Å². The van der Waals surface area contributed by atoms with E-state index in [0.717, 1.165) is 12.7 Å². The van der Waals surface area contributed by atoms with E-state index in [1.807, 2.05) is 6.92 Å². The predicted octanol–water partition coefficient (Wildman–Crippen LogP) is 0.943. The fourth-order valence-corrected chi connectivity index (χ4v) is 1.93. The summed E-state index contributed by atoms with van der Waals surface area (Å²) in [5, 5.41) is 0. The zero-order chi connectivity index (χ0) is 8.91. The second-order valence-electron chi connectivity index (χ2n) is 2.47. The lowest BCUT2D eigenvalue weighted by atomic mass is 10.2. The van der Waals surface area contributed by atoms with Gasteiger partial charge in [-0.05, 0) is 12.8 Å². The maximum Gasteiger partial charge on any atom is 0.208 e. The van der Waals surface area contributed by atoms with Crippen LogP contribution in [0.2, 0.25) is 0 Å². The summed E-state index contributed by atoms with van der Waals surface area (Å²) in [4.78, 5) is 0. The first-order chi connectivity index (χ1) is 4.99. The van der Waals surface area contributed by atoms with E-state index in [4.69, 9.17) is 11.6 Å². The fraction of sp³-hybridized carbons (Fsp3) is 1.00. The van der Waals surface area contributed by atoms with E-state index in [0.29, 0.717) is 12.3 Å². The van der Waals surface area contributed by atoms with Crippen LogP contribution in [0, 0.1) is 0 Å². The first-order valence-electron chi connectivity index (χ1n) is 3.53. The van der Waals surface area contributed by atoms with Crippen LogP contribution in [0.1, 0.15) is 19.8 Å².